The molecular weight excluding hydrogens is 210 g/mol. The Balaban J connectivity index is 2.48. The Kier molecular flexibility index (Phi) is 5.94. The van der Waals surface area contributed by atoms with Gasteiger partial charge in [0, 0.05) is 24.6 Å². The summed E-state index contributed by atoms with van der Waals surface area (Å²) in [7, 11) is 2.24. The minimum atomic E-state index is 0.0875. The van der Waals surface area contributed by atoms with Crippen molar-refractivity contribution in [2.75, 3.05) is 20.2 Å². The lowest BCUT2D eigenvalue weighted by atomic mass is 9.83. The summed E-state index contributed by atoms with van der Waals surface area (Å²) in [5.74, 6) is 0.878. The van der Waals surface area contributed by atoms with Crippen LogP contribution >= 0.6 is 0 Å². The summed E-state index contributed by atoms with van der Waals surface area (Å²) >= 11 is 0. The van der Waals surface area contributed by atoms with Crippen molar-refractivity contribution in [2.24, 2.45) is 11.3 Å². The zero-order valence-corrected chi connectivity index (χ0v) is 12.2. The van der Waals surface area contributed by atoms with Crippen LogP contribution in [0.3, 0.4) is 0 Å². The van der Waals surface area contributed by atoms with Crippen molar-refractivity contribution in [3.63, 3.8) is 0 Å². The van der Waals surface area contributed by atoms with E-state index in [1.807, 2.05) is 0 Å². The molecule has 1 aliphatic rings. The minimum Gasteiger partial charge on any atom is -0.396 e. The Labute approximate surface area is 107 Å². The zero-order chi connectivity index (χ0) is 12.9. The minimum absolute atomic E-state index is 0.0875. The zero-order valence-electron chi connectivity index (χ0n) is 12.2. The van der Waals surface area contributed by atoms with Crippen molar-refractivity contribution in [3.05, 3.63) is 0 Å². The summed E-state index contributed by atoms with van der Waals surface area (Å²) in [6.07, 6.45) is 7.73. The Morgan fingerprint density at radius 3 is 2.59 bits per heavy atom. The maximum atomic E-state index is 9.59. The fourth-order valence-electron chi connectivity index (χ4n) is 3.35. The van der Waals surface area contributed by atoms with Gasteiger partial charge in [0.1, 0.15) is 0 Å². The van der Waals surface area contributed by atoms with Crippen molar-refractivity contribution in [1.82, 2.24) is 4.90 Å². The Morgan fingerprint density at radius 2 is 2.06 bits per heavy atom. The highest BCUT2D eigenvalue weighted by molar-refractivity contribution is 4.82. The molecule has 1 rings (SSSR count). The van der Waals surface area contributed by atoms with E-state index in [1.54, 1.807) is 0 Å². The summed E-state index contributed by atoms with van der Waals surface area (Å²) in [6, 6.07) is 0.737. The van der Waals surface area contributed by atoms with Gasteiger partial charge in [-0.25, -0.2) is 0 Å². The molecule has 2 heteroatoms. The molecule has 2 nitrogen and oxygen atoms in total. The Morgan fingerprint density at radius 1 is 1.35 bits per heavy atom. The maximum absolute atomic E-state index is 9.59. The van der Waals surface area contributed by atoms with Gasteiger partial charge in [0.25, 0.3) is 0 Å². The fourth-order valence-corrected chi connectivity index (χ4v) is 3.35. The van der Waals surface area contributed by atoms with Crippen LogP contribution in [0, 0.1) is 11.3 Å². The van der Waals surface area contributed by atoms with E-state index < -0.39 is 0 Å². The van der Waals surface area contributed by atoms with Crippen LogP contribution in [0.5, 0.6) is 0 Å². The lowest BCUT2D eigenvalue weighted by molar-refractivity contribution is 0.0581. The lowest BCUT2D eigenvalue weighted by Gasteiger charge is -2.39. The molecule has 0 amide bonds. The molecular formula is C15H31NO. The van der Waals surface area contributed by atoms with Crippen molar-refractivity contribution in [1.29, 1.82) is 0 Å². The molecule has 1 saturated carbocycles. The number of nitrogens with zero attached hydrogens (tertiary/aromatic N) is 1. The largest absolute Gasteiger partial charge is 0.396 e. The quantitative estimate of drug-likeness (QED) is 0.771. The second-order valence-corrected chi connectivity index (χ2v) is 6.56. The third kappa shape index (κ3) is 4.59. The molecule has 0 bridgehead atoms. The molecule has 0 saturated heterocycles. The summed E-state index contributed by atoms with van der Waals surface area (Å²) in [5, 5.41) is 9.59. The van der Waals surface area contributed by atoms with E-state index in [2.05, 4.69) is 32.7 Å². The highest BCUT2D eigenvalue weighted by Gasteiger charge is 2.29. The van der Waals surface area contributed by atoms with Gasteiger partial charge in [-0.15, -0.1) is 0 Å². The average molecular weight is 241 g/mol. The van der Waals surface area contributed by atoms with Gasteiger partial charge in [0.15, 0.2) is 0 Å². The molecule has 3 unspecified atom stereocenters. The maximum Gasteiger partial charge on any atom is 0.0497 e. The van der Waals surface area contributed by atoms with Gasteiger partial charge < -0.3 is 10.0 Å². The van der Waals surface area contributed by atoms with Gasteiger partial charge in [-0.1, -0.05) is 40.0 Å². The van der Waals surface area contributed by atoms with Crippen molar-refractivity contribution >= 4 is 0 Å². The number of rotatable bonds is 6. The van der Waals surface area contributed by atoms with Gasteiger partial charge in [-0.05, 0) is 32.2 Å². The number of aliphatic hydroxyl groups is 1. The summed E-state index contributed by atoms with van der Waals surface area (Å²) in [5.41, 5.74) is 0.0875. The molecule has 102 valence electrons. The van der Waals surface area contributed by atoms with Crippen molar-refractivity contribution in [3.8, 4) is 0 Å². The molecule has 1 fully saturated rings. The normalized spacial score (nSPS) is 29.3. The lowest BCUT2D eigenvalue weighted by Crippen LogP contribution is -2.43. The molecule has 1 aliphatic carbocycles. The first-order valence-corrected chi connectivity index (χ1v) is 7.32. The monoisotopic (exact) mass is 241 g/mol. The smallest absolute Gasteiger partial charge is 0.0497 e. The van der Waals surface area contributed by atoms with Crippen LogP contribution in [0.4, 0.5) is 0 Å². The molecule has 17 heavy (non-hydrogen) atoms. The highest BCUT2D eigenvalue weighted by atomic mass is 16.3. The van der Waals surface area contributed by atoms with E-state index in [4.69, 9.17) is 0 Å². The third-order valence-electron chi connectivity index (χ3n) is 4.40. The summed E-state index contributed by atoms with van der Waals surface area (Å²) < 4.78 is 0. The fraction of sp³-hybridized carbons (Fsp3) is 1.00. The predicted molar refractivity (Wildman–Crippen MR) is 74.2 cm³/mol. The van der Waals surface area contributed by atoms with Crippen LogP contribution in [0.2, 0.25) is 0 Å². The van der Waals surface area contributed by atoms with E-state index >= 15 is 0 Å². The van der Waals surface area contributed by atoms with Crippen LogP contribution in [-0.2, 0) is 0 Å². The van der Waals surface area contributed by atoms with Crippen LogP contribution in [0.1, 0.15) is 59.3 Å². The van der Waals surface area contributed by atoms with Crippen LogP contribution < -0.4 is 0 Å². The summed E-state index contributed by atoms with van der Waals surface area (Å²) in [4.78, 5) is 2.50. The van der Waals surface area contributed by atoms with Crippen molar-refractivity contribution in [2.45, 2.75) is 65.3 Å². The van der Waals surface area contributed by atoms with Crippen LogP contribution in [0.25, 0.3) is 0 Å². The molecule has 0 aromatic rings. The molecule has 0 spiro atoms. The first-order valence-electron chi connectivity index (χ1n) is 7.32. The SMILES string of the molecule is CCCC(C)(CO)CN(C)C1CCCC(C)C1. The molecule has 0 aromatic carbocycles. The molecule has 3 atom stereocenters. The second kappa shape index (κ2) is 6.75. The number of hydrogen-bond acceptors (Lipinski definition) is 2. The average Bonchev–Trinajstić information content (AvgIpc) is 2.29. The second-order valence-electron chi connectivity index (χ2n) is 6.56. The molecule has 0 aromatic heterocycles. The van der Waals surface area contributed by atoms with Gasteiger partial charge >= 0.3 is 0 Å². The van der Waals surface area contributed by atoms with Gasteiger partial charge in [-0.2, -0.15) is 0 Å². The highest BCUT2D eigenvalue weighted by Crippen LogP contribution is 2.30. The van der Waals surface area contributed by atoms with E-state index in [0.717, 1.165) is 31.3 Å². The molecule has 0 aliphatic heterocycles. The molecule has 1 N–H and O–H groups in total. The number of aliphatic hydroxyl groups excluding tert-OH is 1. The molecule has 0 radical (unpaired) electrons. The topological polar surface area (TPSA) is 23.5 Å². The predicted octanol–water partition coefficient (Wildman–Crippen LogP) is 3.30. The van der Waals surface area contributed by atoms with Crippen molar-refractivity contribution < 1.29 is 5.11 Å². The van der Waals surface area contributed by atoms with Crippen LogP contribution in [-0.4, -0.2) is 36.2 Å². The van der Waals surface area contributed by atoms with Gasteiger partial charge in [0.05, 0.1) is 0 Å². The first-order chi connectivity index (χ1) is 8.00. The number of hydrogen-bond donors (Lipinski definition) is 1. The van der Waals surface area contributed by atoms with Crippen LogP contribution in [0.15, 0.2) is 0 Å². The standard InChI is InChI=1S/C15H31NO/c1-5-9-15(3,12-17)11-16(4)14-8-6-7-13(2)10-14/h13-14,17H,5-12H2,1-4H3. The first kappa shape index (κ1) is 15.0. The Hall–Kier alpha value is -0.0800. The van der Waals surface area contributed by atoms with E-state index in [-0.39, 0.29) is 5.41 Å². The van der Waals surface area contributed by atoms with Gasteiger partial charge in [-0.3, -0.25) is 0 Å². The van der Waals surface area contributed by atoms with E-state index in [0.29, 0.717) is 6.61 Å². The Bertz CT molecular complexity index is 219. The third-order valence-corrected chi connectivity index (χ3v) is 4.40. The van der Waals surface area contributed by atoms with Gasteiger partial charge in [0.2, 0.25) is 0 Å². The molecule has 0 heterocycles. The van der Waals surface area contributed by atoms with E-state index in [9.17, 15) is 5.11 Å². The van der Waals surface area contributed by atoms with E-state index in [1.165, 1.54) is 25.7 Å². The summed E-state index contributed by atoms with van der Waals surface area (Å²) in [6.45, 7) is 8.15.